The SMILES string of the molecule is O=c1c2ccccc2nc(-c2cc3cc(Cl)ccc3o2)n1N=Cc1cccc([N+](=O)[O-])c1OCc1ccc(Br)cc1. The van der Waals surface area contributed by atoms with Crippen LogP contribution in [0.4, 0.5) is 5.69 Å². The lowest BCUT2D eigenvalue weighted by Gasteiger charge is -2.10. The van der Waals surface area contributed by atoms with Gasteiger partial charge in [-0.15, -0.1) is 0 Å². The van der Waals surface area contributed by atoms with Crippen LogP contribution in [0.2, 0.25) is 5.02 Å². The number of fused-ring (bicyclic) bond motifs is 2. The molecule has 0 fully saturated rings. The summed E-state index contributed by atoms with van der Waals surface area (Å²) in [6.07, 6.45) is 1.34. The van der Waals surface area contributed by atoms with Crippen LogP contribution >= 0.6 is 27.5 Å². The average molecular weight is 630 g/mol. The highest BCUT2D eigenvalue weighted by atomic mass is 79.9. The molecule has 0 saturated heterocycles. The second kappa shape index (κ2) is 11.0. The molecular weight excluding hydrogens is 612 g/mol. The molecule has 0 spiro atoms. The summed E-state index contributed by atoms with van der Waals surface area (Å²) in [5.74, 6) is 0.471. The topological polar surface area (TPSA) is 113 Å². The van der Waals surface area contributed by atoms with E-state index in [0.717, 1.165) is 20.1 Å². The van der Waals surface area contributed by atoms with Crippen molar-refractivity contribution in [2.24, 2.45) is 5.10 Å². The fourth-order valence-electron chi connectivity index (χ4n) is 4.32. The average Bonchev–Trinajstić information content (AvgIpc) is 3.39. The van der Waals surface area contributed by atoms with E-state index in [2.05, 4.69) is 26.0 Å². The first-order chi connectivity index (χ1) is 19.9. The molecule has 9 nitrogen and oxygen atoms in total. The summed E-state index contributed by atoms with van der Waals surface area (Å²) in [7, 11) is 0. The normalized spacial score (nSPS) is 11.5. The molecule has 0 amide bonds. The van der Waals surface area contributed by atoms with E-state index in [0.29, 0.717) is 32.8 Å². The molecule has 2 heterocycles. The molecule has 41 heavy (non-hydrogen) atoms. The van der Waals surface area contributed by atoms with Crippen LogP contribution in [0.1, 0.15) is 11.1 Å². The van der Waals surface area contributed by atoms with Gasteiger partial charge in [0.1, 0.15) is 12.2 Å². The predicted molar refractivity (Wildman–Crippen MR) is 161 cm³/mol. The highest BCUT2D eigenvalue weighted by Crippen LogP contribution is 2.32. The van der Waals surface area contributed by atoms with E-state index in [-0.39, 0.29) is 23.9 Å². The minimum absolute atomic E-state index is 0.0193. The first-order valence-corrected chi connectivity index (χ1v) is 13.4. The molecule has 0 N–H and O–H groups in total. The number of ether oxygens (including phenoxy) is 1. The number of benzene rings is 4. The smallest absolute Gasteiger partial charge is 0.311 e. The molecule has 0 saturated carbocycles. The second-order valence-corrected chi connectivity index (χ2v) is 10.3. The molecular formula is C30H18BrClN4O5. The molecule has 0 unspecified atom stereocenters. The van der Waals surface area contributed by atoms with Crippen molar-refractivity contribution in [3.63, 3.8) is 0 Å². The van der Waals surface area contributed by atoms with E-state index < -0.39 is 10.5 Å². The summed E-state index contributed by atoms with van der Waals surface area (Å²) >= 11 is 9.54. The van der Waals surface area contributed by atoms with Crippen LogP contribution in [0.15, 0.2) is 110 Å². The molecule has 2 aromatic heterocycles. The lowest BCUT2D eigenvalue weighted by atomic mass is 10.2. The van der Waals surface area contributed by atoms with Crippen LogP contribution in [0.5, 0.6) is 5.75 Å². The van der Waals surface area contributed by atoms with Crippen molar-refractivity contribution in [3.8, 4) is 17.3 Å². The molecule has 0 bridgehead atoms. The Bertz CT molecular complexity index is 2040. The lowest BCUT2D eigenvalue weighted by molar-refractivity contribution is -0.385. The monoisotopic (exact) mass is 628 g/mol. The van der Waals surface area contributed by atoms with E-state index in [4.69, 9.17) is 20.8 Å². The van der Waals surface area contributed by atoms with Gasteiger partial charge in [-0.3, -0.25) is 14.9 Å². The second-order valence-electron chi connectivity index (χ2n) is 8.97. The Morgan fingerprint density at radius 1 is 1.05 bits per heavy atom. The van der Waals surface area contributed by atoms with Crippen LogP contribution in [0.3, 0.4) is 0 Å². The van der Waals surface area contributed by atoms with Gasteiger partial charge < -0.3 is 9.15 Å². The largest absolute Gasteiger partial charge is 0.481 e. The van der Waals surface area contributed by atoms with E-state index in [1.807, 2.05) is 24.3 Å². The maximum absolute atomic E-state index is 13.6. The molecule has 6 rings (SSSR count). The summed E-state index contributed by atoms with van der Waals surface area (Å²) in [4.78, 5) is 29.6. The molecule has 202 valence electrons. The summed E-state index contributed by atoms with van der Waals surface area (Å²) in [5, 5.41) is 17.9. The number of rotatable bonds is 7. The third-order valence-electron chi connectivity index (χ3n) is 6.28. The van der Waals surface area contributed by atoms with Crippen molar-refractivity contribution < 1.29 is 14.1 Å². The third-order valence-corrected chi connectivity index (χ3v) is 7.05. The zero-order valence-corrected chi connectivity index (χ0v) is 23.4. The number of para-hydroxylation sites is 2. The highest BCUT2D eigenvalue weighted by molar-refractivity contribution is 9.10. The quantitative estimate of drug-likeness (QED) is 0.102. The molecule has 0 atom stereocenters. The van der Waals surface area contributed by atoms with Gasteiger partial charge in [-0.25, -0.2) is 4.98 Å². The van der Waals surface area contributed by atoms with Gasteiger partial charge in [0.25, 0.3) is 5.56 Å². The standard InChI is InChI=1S/C30H18BrClN4O5/c31-21-10-8-18(9-11-21)17-40-28-19(4-3-7-25(28)36(38)39)16-33-35-29(34-24-6-2-1-5-23(24)30(35)37)27-15-20-14-22(32)12-13-26(20)41-27/h1-16H,17H2. The summed E-state index contributed by atoms with van der Waals surface area (Å²) in [6.45, 7) is 0.0866. The minimum atomic E-state index is -0.525. The van der Waals surface area contributed by atoms with Crippen LogP contribution < -0.4 is 10.3 Å². The fourth-order valence-corrected chi connectivity index (χ4v) is 4.76. The summed E-state index contributed by atoms with van der Waals surface area (Å²) < 4.78 is 13.9. The Labute approximate surface area is 245 Å². The molecule has 0 aliphatic heterocycles. The summed E-state index contributed by atoms with van der Waals surface area (Å²) in [5.41, 5.74) is 1.47. The maximum atomic E-state index is 13.6. The molecule has 0 aliphatic carbocycles. The van der Waals surface area contributed by atoms with Crippen molar-refractivity contribution in [2.45, 2.75) is 6.61 Å². The number of hydrogen-bond donors (Lipinski definition) is 0. The number of nitrogens with zero attached hydrogens (tertiary/aromatic N) is 4. The van der Waals surface area contributed by atoms with Gasteiger partial charge in [0.2, 0.25) is 11.6 Å². The van der Waals surface area contributed by atoms with Crippen molar-refractivity contribution >= 4 is 61.3 Å². The van der Waals surface area contributed by atoms with Crippen LogP contribution in [-0.4, -0.2) is 20.8 Å². The molecule has 6 aromatic rings. The Morgan fingerprint density at radius 2 is 1.85 bits per heavy atom. The number of nitro benzene ring substituents is 1. The van der Waals surface area contributed by atoms with Crippen molar-refractivity contribution in [3.05, 3.63) is 132 Å². The van der Waals surface area contributed by atoms with Gasteiger partial charge in [-0.05, 0) is 60.2 Å². The van der Waals surface area contributed by atoms with Gasteiger partial charge in [0, 0.05) is 26.5 Å². The first kappa shape index (κ1) is 26.4. The fraction of sp³-hybridized carbons (Fsp3) is 0.0333. The molecule has 0 radical (unpaired) electrons. The van der Waals surface area contributed by atoms with E-state index in [1.165, 1.54) is 18.3 Å². The predicted octanol–water partition coefficient (Wildman–Crippen LogP) is 7.60. The van der Waals surface area contributed by atoms with E-state index in [9.17, 15) is 14.9 Å². The molecule has 4 aromatic carbocycles. The number of aromatic nitrogens is 2. The Hall–Kier alpha value is -4.80. The van der Waals surface area contributed by atoms with E-state index in [1.54, 1.807) is 54.6 Å². The number of nitro groups is 1. The Balaban J connectivity index is 1.47. The lowest BCUT2D eigenvalue weighted by Crippen LogP contribution is -2.20. The number of furan rings is 1. The Morgan fingerprint density at radius 3 is 2.66 bits per heavy atom. The van der Waals surface area contributed by atoms with E-state index >= 15 is 0 Å². The maximum Gasteiger partial charge on any atom is 0.311 e. The van der Waals surface area contributed by atoms with Crippen molar-refractivity contribution in [1.82, 2.24) is 9.66 Å². The third kappa shape index (κ3) is 5.34. The summed E-state index contributed by atoms with van der Waals surface area (Å²) in [6, 6.07) is 25.7. The Kier molecular flexibility index (Phi) is 7.08. The zero-order chi connectivity index (χ0) is 28.5. The van der Waals surface area contributed by atoms with Crippen LogP contribution in [0.25, 0.3) is 33.5 Å². The van der Waals surface area contributed by atoms with Gasteiger partial charge in [-0.1, -0.05) is 57.9 Å². The number of halogens is 2. The molecule has 11 heteroatoms. The van der Waals surface area contributed by atoms with Crippen LogP contribution in [-0.2, 0) is 6.61 Å². The van der Waals surface area contributed by atoms with Gasteiger partial charge in [0.15, 0.2) is 5.76 Å². The van der Waals surface area contributed by atoms with Crippen LogP contribution in [0, 0.1) is 10.1 Å². The molecule has 0 aliphatic rings. The van der Waals surface area contributed by atoms with Crippen molar-refractivity contribution in [2.75, 3.05) is 0 Å². The van der Waals surface area contributed by atoms with Gasteiger partial charge >= 0.3 is 5.69 Å². The van der Waals surface area contributed by atoms with Crippen molar-refractivity contribution in [1.29, 1.82) is 0 Å². The first-order valence-electron chi connectivity index (χ1n) is 12.3. The zero-order valence-electron chi connectivity index (χ0n) is 21.0. The number of hydrogen-bond acceptors (Lipinski definition) is 7. The van der Waals surface area contributed by atoms with Gasteiger partial charge in [0.05, 0.1) is 22.0 Å². The highest BCUT2D eigenvalue weighted by Gasteiger charge is 2.20. The minimum Gasteiger partial charge on any atom is -0.481 e. The van der Waals surface area contributed by atoms with Gasteiger partial charge in [-0.2, -0.15) is 9.78 Å².